The van der Waals surface area contributed by atoms with Crippen LogP contribution in [0.1, 0.15) is 56.4 Å². The predicted molar refractivity (Wildman–Crippen MR) is 141 cm³/mol. The fraction of sp³-hybridized carbons (Fsp3) is 0.833. The number of esters is 2. The Balaban J connectivity index is 0. The first-order chi connectivity index (χ1) is 17.7. The number of aliphatic hydroxyl groups excluding tert-OH is 3. The lowest BCUT2D eigenvalue weighted by molar-refractivity contribution is -0.250. The highest BCUT2D eigenvalue weighted by atomic mass is 16.7. The van der Waals surface area contributed by atoms with Gasteiger partial charge in [-0.3, -0.25) is 19.2 Å². The molecule has 0 radical (unpaired) electrons. The first-order valence-electron chi connectivity index (χ1n) is 11.9. The molecule has 0 aromatic heterocycles. The van der Waals surface area contributed by atoms with Gasteiger partial charge < -0.3 is 44.9 Å². The maximum atomic E-state index is 11.2. The molecule has 0 aliphatic carbocycles. The Hall–Kier alpha value is -3.01. The van der Waals surface area contributed by atoms with E-state index in [0.29, 0.717) is 0 Å². The lowest BCUT2D eigenvalue weighted by Gasteiger charge is -2.42. The standard InChI is InChI=1S/C11H18N4O5.C11H19NO6.2CH4/c1-5-9(14-6(2)16)11(19-7(3)17)20-8(10(5)18)4-13-15-12;1-5-9(12-6(2)14)11(17-7(3)15)18-8(4-13)10(5)16;;/h5,8-11,18H,4H2,1-3H3,(H,14,16);5,8-11,13,16H,4H2,1-3H3,(H,12,14);2*1H4. The molecule has 0 aromatic carbocycles. The van der Waals surface area contributed by atoms with Crippen molar-refractivity contribution in [3.63, 3.8) is 0 Å². The van der Waals surface area contributed by atoms with E-state index in [1.54, 1.807) is 13.8 Å². The van der Waals surface area contributed by atoms with E-state index in [1.807, 2.05) is 0 Å². The normalized spacial score (nSPS) is 32.6. The van der Waals surface area contributed by atoms with Crippen LogP contribution >= 0.6 is 0 Å². The van der Waals surface area contributed by atoms with Gasteiger partial charge >= 0.3 is 11.9 Å². The van der Waals surface area contributed by atoms with Crippen molar-refractivity contribution in [3.8, 4) is 0 Å². The molecule has 40 heavy (non-hydrogen) atoms. The summed E-state index contributed by atoms with van der Waals surface area (Å²) in [6.07, 6.45) is -5.58. The van der Waals surface area contributed by atoms with Gasteiger partial charge in [-0.15, -0.1) is 0 Å². The zero-order chi connectivity index (χ0) is 29.2. The average Bonchev–Trinajstić information content (AvgIpc) is 2.82. The first kappa shape index (κ1) is 39.1. The second-order valence-corrected chi connectivity index (χ2v) is 9.05. The van der Waals surface area contributed by atoms with Gasteiger partial charge in [-0.25, -0.2) is 0 Å². The number of hydrogen-bond acceptors (Lipinski definition) is 12. The number of hydrogen-bond donors (Lipinski definition) is 5. The van der Waals surface area contributed by atoms with E-state index >= 15 is 0 Å². The molecule has 0 spiro atoms. The van der Waals surface area contributed by atoms with Crippen LogP contribution in [0.4, 0.5) is 0 Å². The Kier molecular flexibility index (Phi) is 18.0. The van der Waals surface area contributed by atoms with Gasteiger partial charge in [-0.05, 0) is 5.53 Å². The summed E-state index contributed by atoms with van der Waals surface area (Å²) in [4.78, 5) is 47.0. The van der Waals surface area contributed by atoms with Crippen LogP contribution in [0.25, 0.3) is 10.4 Å². The minimum Gasteiger partial charge on any atom is -0.434 e. The third-order valence-corrected chi connectivity index (χ3v) is 5.99. The van der Waals surface area contributed by atoms with Gasteiger partial charge in [0.15, 0.2) is 0 Å². The maximum absolute atomic E-state index is 11.2. The molecular formula is C24H45N5O11. The quantitative estimate of drug-likeness (QED) is 0.117. The van der Waals surface area contributed by atoms with Gasteiger partial charge in [0, 0.05) is 44.4 Å². The van der Waals surface area contributed by atoms with E-state index in [2.05, 4.69) is 20.7 Å². The van der Waals surface area contributed by atoms with E-state index < -0.39 is 79.5 Å². The van der Waals surface area contributed by atoms with Crippen molar-refractivity contribution in [1.29, 1.82) is 0 Å². The number of carbonyl (C=O) groups is 4. The molecule has 16 nitrogen and oxygen atoms in total. The summed E-state index contributed by atoms with van der Waals surface area (Å²) in [5.41, 5.74) is 8.31. The molecule has 2 fully saturated rings. The Labute approximate surface area is 234 Å². The predicted octanol–water partition coefficient (Wildman–Crippen LogP) is 0.127. The zero-order valence-electron chi connectivity index (χ0n) is 22.1. The van der Waals surface area contributed by atoms with Crippen LogP contribution in [-0.2, 0) is 38.1 Å². The van der Waals surface area contributed by atoms with Gasteiger partial charge in [0.1, 0.15) is 6.10 Å². The van der Waals surface area contributed by atoms with Gasteiger partial charge in [0.25, 0.3) is 0 Å². The largest absolute Gasteiger partial charge is 0.434 e. The summed E-state index contributed by atoms with van der Waals surface area (Å²) in [5.74, 6) is -2.63. The van der Waals surface area contributed by atoms with Crippen LogP contribution in [0.2, 0.25) is 0 Å². The van der Waals surface area contributed by atoms with Crippen molar-refractivity contribution in [2.45, 2.75) is 105 Å². The topological polar surface area (TPSA) is 239 Å². The molecule has 2 heterocycles. The van der Waals surface area contributed by atoms with Crippen molar-refractivity contribution in [2.75, 3.05) is 13.2 Å². The fourth-order valence-corrected chi connectivity index (χ4v) is 4.09. The van der Waals surface area contributed by atoms with Crippen LogP contribution < -0.4 is 10.6 Å². The van der Waals surface area contributed by atoms with Crippen molar-refractivity contribution in [1.82, 2.24) is 10.6 Å². The molecule has 2 saturated heterocycles. The molecule has 232 valence electrons. The summed E-state index contributed by atoms with van der Waals surface area (Å²) >= 11 is 0. The Bertz CT molecular complexity index is 885. The fourth-order valence-electron chi connectivity index (χ4n) is 4.09. The minimum atomic E-state index is -1.03. The Morgan fingerprint density at radius 1 is 0.825 bits per heavy atom. The molecule has 2 amide bonds. The van der Waals surface area contributed by atoms with Gasteiger partial charge in [-0.1, -0.05) is 33.8 Å². The molecule has 0 bridgehead atoms. The summed E-state index contributed by atoms with van der Waals surface area (Å²) in [6.45, 7) is 7.96. The van der Waals surface area contributed by atoms with E-state index in [1.165, 1.54) is 27.7 Å². The van der Waals surface area contributed by atoms with Crippen LogP contribution in [-0.4, -0.2) is 101 Å². The molecule has 2 aliphatic heterocycles. The zero-order valence-corrected chi connectivity index (χ0v) is 22.1. The molecule has 16 heteroatoms. The summed E-state index contributed by atoms with van der Waals surface area (Å²) in [7, 11) is 0. The second-order valence-electron chi connectivity index (χ2n) is 9.05. The Morgan fingerprint density at radius 3 is 1.52 bits per heavy atom. The van der Waals surface area contributed by atoms with Crippen LogP contribution in [0, 0.1) is 11.8 Å². The summed E-state index contributed by atoms with van der Waals surface area (Å²) < 4.78 is 20.7. The summed E-state index contributed by atoms with van der Waals surface area (Å²) in [6, 6.07) is -1.32. The number of azide groups is 1. The van der Waals surface area contributed by atoms with Crippen LogP contribution in [0.3, 0.4) is 0 Å². The number of rotatable bonds is 7. The molecule has 2 rings (SSSR count). The molecule has 5 N–H and O–H groups in total. The highest BCUT2D eigenvalue weighted by Crippen LogP contribution is 2.28. The Morgan fingerprint density at radius 2 is 1.20 bits per heavy atom. The molecule has 0 saturated carbocycles. The monoisotopic (exact) mass is 579 g/mol. The number of nitrogens with zero attached hydrogens (tertiary/aromatic N) is 3. The third-order valence-electron chi connectivity index (χ3n) is 5.99. The molecular weight excluding hydrogens is 534 g/mol. The van der Waals surface area contributed by atoms with Gasteiger partial charge in [0.05, 0.1) is 43.5 Å². The number of aliphatic hydroxyl groups is 3. The van der Waals surface area contributed by atoms with Gasteiger partial charge in [0.2, 0.25) is 24.4 Å². The minimum absolute atomic E-state index is 0. The van der Waals surface area contributed by atoms with E-state index in [9.17, 15) is 29.4 Å². The van der Waals surface area contributed by atoms with Crippen molar-refractivity contribution in [2.24, 2.45) is 17.0 Å². The molecule has 2 aliphatic rings. The van der Waals surface area contributed by atoms with Crippen LogP contribution in [0.5, 0.6) is 0 Å². The highest BCUT2D eigenvalue weighted by Gasteiger charge is 2.45. The number of amides is 2. The molecule has 10 atom stereocenters. The van der Waals surface area contributed by atoms with Gasteiger partial charge in [-0.2, -0.15) is 0 Å². The SMILES string of the molecule is C.C.CC(=O)NC1C(OC(C)=O)OC(CN=[N+]=[N-])C(O)C1C.CC(=O)NC1C(OC(C)=O)OC(CO)C(O)C1C. The summed E-state index contributed by atoms with van der Waals surface area (Å²) in [5, 5.41) is 37.6. The first-order valence-corrected chi connectivity index (χ1v) is 11.9. The van der Waals surface area contributed by atoms with E-state index in [4.69, 9.17) is 29.6 Å². The second kappa shape index (κ2) is 18.4. The van der Waals surface area contributed by atoms with Crippen molar-refractivity contribution in [3.05, 3.63) is 10.4 Å². The highest BCUT2D eigenvalue weighted by molar-refractivity contribution is 5.74. The third kappa shape index (κ3) is 11.6. The molecule has 10 unspecified atom stereocenters. The van der Waals surface area contributed by atoms with E-state index in [0.717, 1.165) is 0 Å². The number of ether oxygens (including phenoxy) is 4. The number of carbonyl (C=O) groups excluding carboxylic acids is 4. The smallest absolute Gasteiger partial charge is 0.305 e. The van der Waals surface area contributed by atoms with Crippen molar-refractivity contribution < 1.29 is 53.4 Å². The van der Waals surface area contributed by atoms with Crippen molar-refractivity contribution >= 4 is 23.8 Å². The average molecular weight is 580 g/mol. The molecule has 0 aromatic rings. The number of nitrogens with one attached hydrogen (secondary N) is 2. The van der Waals surface area contributed by atoms with E-state index in [-0.39, 0.29) is 33.2 Å². The lowest BCUT2D eigenvalue weighted by Crippen LogP contribution is -2.61. The van der Waals surface area contributed by atoms with Crippen LogP contribution in [0.15, 0.2) is 5.11 Å². The maximum Gasteiger partial charge on any atom is 0.305 e. The lowest BCUT2D eigenvalue weighted by atomic mass is 9.88.